The Morgan fingerprint density at radius 1 is 0.878 bits per heavy atom. The number of amides is 3. The topological polar surface area (TPSA) is 127 Å². The molecule has 0 spiro atoms. The van der Waals surface area contributed by atoms with Gasteiger partial charge in [-0.05, 0) is 57.6 Å². The normalized spacial score (nSPS) is 14.8. The van der Waals surface area contributed by atoms with Crippen molar-refractivity contribution in [1.82, 2.24) is 10.2 Å². The number of Topliss-reactive ketones (excluding diaryl/α,β-unsaturated/α-hetero) is 2. The molecule has 41 heavy (non-hydrogen) atoms. The van der Waals surface area contributed by atoms with E-state index in [1.54, 1.807) is 39.8 Å². The lowest BCUT2D eigenvalue weighted by atomic mass is 9.88. The molecule has 224 valence electrons. The van der Waals surface area contributed by atoms with Crippen LogP contribution in [0.15, 0.2) is 36.4 Å². The number of rotatable bonds is 16. The predicted molar refractivity (Wildman–Crippen MR) is 154 cm³/mol. The van der Waals surface area contributed by atoms with Crippen molar-refractivity contribution in [2.24, 2.45) is 17.3 Å². The molecule has 1 aromatic rings. The minimum atomic E-state index is -0.711. The van der Waals surface area contributed by atoms with E-state index in [0.29, 0.717) is 32.2 Å². The molecule has 9 heteroatoms. The number of carbonyl (C=O) groups excluding carboxylic acids is 6. The lowest BCUT2D eigenvalue weighted by molar-refractivity contribution is -0.154. The summed E-state index contributed by atoms with van der Waals surface area (Å²) in [6.45, 7) is 11.3. The van der Waals surface area contributed by atoms with Gasteiger partial charge < -0.3 is 10.1 Å². The Hall–Kier alpha value is -3.62. The zero-order valence-electron chi connectivity index (χ0n) is 25.2. The first-order valence-corrected chi connectivity index (χ1v) is 14.3. The highest BCUT2D eigenvalue weighted by Crippen LogP contribution is 2.19. The van der Waals surface area contributed by atoms with Gasteiger partial charge in [0.05, 0.1) is 11.5 Å². The zero-order valence-corrected chi connectivity index (χ0v) is 25.2. The average molecular weight is 569 g/mol. The van der Waals surface area contributed by atoms with E-state index in [1.807, 2.05) is 26.0 Å². The third kappa shape index (κ3) is 11.1. The molecule has 1 heterocycles. The maximum absolute atomic E-state index is 13.0. The van der Waals surface area contributed by atoms with Crippen molar-refractivity contribution in [2.45, 2.75) is 92.7 Å². The molecule has 0 aromatic heterocycles. The van der Waals surface area contributed by atoms with E-state index in [-0.39, 0.29) is 60.6 Å². The van der Waals surface area contributed by atoms with E-state index in [0.717, 1.165) is 11.1 Å². The summed E-state index contributed by atoms with van der Waals surface area (Å²) in [5.74, 6) is -2.02. The van der Waals surface area contributed by atoms with Crippen molar-refractivity contribution in [3.8, 4) is 0 Å². The summed E-state index contributed by atoms with van der Waals surface area (Å²) in [6.07, 6.45) is 4.98. The second-order valence-electron chi connectivity index (χ2n) is 12.1. The Balaban J connectivity index is 1.76. The fraction of sp³-hybridized carbons (Fsp3) is 0.562. The highest BCUT2D eigenvalue weighted by molar-refractivity contribution is 6.12. The predicted octanol–water partition coefficient (Wildman–Crippen LogP) is 4.11. The molecule has 9 nitrogen and oxygen atoms in total. The molecule has 0 saturated heterocycles. The maximum atomic E-state index is 13.0. The quantitative estimate of drug-likeness (QED) is 0.181. The van der Waals surface area contributed by atoms with E-state index in [1.165, 1.54) is 17.1 Å². The molecular formula is C32H44N2O7. The minimum Gasteiger partial charge on any atom is -0.460 e. The van der Waals surface area contributed by atoms with Gasteiger partial charge >= 0.3 is 5.97 Å². The second-order valence-corrected chi connectivity index (χ2v) is 12.1. The maximum Gasteiger partial charge on any atom is 0.311 e. The van der Waals surface area contributed by atoms with Crippen molar-refractivity contribution >= 4 is 35.3 Å². The van der Waals surface area contributed by atoms with Crippen LogP contribution >= 0.6 is 0 Å². The van der Waals surface area contributed by atoms with Gasteiger partial charge in [-0.2, -0.15) is 0 Å². The molecule has 3 amide bonds. The number of esters is 1. The van der Waals surface area contributed by atoms with Crippen molar-refractivity contribution < 1.29 is 33.5 Å². The SMILES string of the molecule is CC(C)[C@H](CC(=O)CCCCCN1C(=O)C=CC1=O)C(=O)N[C@@H](C)C(=O)Cc1ccc(COC(=O)C(C)(C)C)cc1. The fourth-order valence-corrected chi connectivity index (χ4v) is 4.27. The van der Waals surface area contributed by atoms with Crippen LogP contribution in [-0.2, 0) is 46.5 Å². The Bertz CT molecular complexity index is 1130. The van der Waals surface area contributed by atoms with Crippen molar-refractivity contribution in [3.63, 3.8) is 0 Å². The van der Waals surface area contributed by atoms with E-state index in [2.05, 4.69) is 5.32 Å². The van der Waals surface area contributed by atoms with Gasteiger partial charge in [-0.3, -0.25) is 33.7 Å². The molecule has 0 radical (unpaired) electrons. The summed E-state index contributed by atoms with van der Waals surface area (Å²) in [7, 11) is 0. The standard InChI is InChI=1S/C32H44N2O7/c1-21(2)26(19-25(35)10-8-7-9-17-34-28(37)15-16-29(34)38)30(39)33-22(3)27(36)18-23-11-13-24(14-12-23)20-41-31(40)32(4,5)6/h11-16,21-22,26H,7-10,17-20H2,1-6H3,(H,33,39)/t22-,26-/m0/s1. The monoisotopic (exact) mass is 568 g/mol. The molecular weight excluding hydrogens is 524 g/mol. The zero-order chi connectivity index (χ0) is 30.7. The number of ether oxygens (including phenoxy) is 1. The van der Waals surface area contributed by atoms with Crippen LogP contribution < -0.4 is 5.32 Å². The molecule has 2 atom stereocenters. The van der Waals surface area contributed by atoms with Crippen LogP contribution in [-0.4, -0.2) is 52.7 Å². The van der Waals surface area contributed by atoms with Crippen LogP contribution in [0.4, 0.5) is 0 Å². The fourth-order valence-electron chi connectivity index (χ4n) is 4.27. The Kier molecular flexibility index (Phi) is 12.6. The van der Waals surface area contributed by atoms with E-state index >= 15 is 0 Å². The van der Waals surface area contributed by atoms with Crippen LogP contribution in [0.2, 0.25) is 0 Å². The van der Waals surface area contributed by atoms with Crippen molar-refractivity contribution in [1.29, 1.82) is 0 Å². The van der Waals surface area contributed by atoms with Crippen LogP contribution in [0.3, 0.4) is 0 Å². The van der Waals surface area contributed by atoms with Gasteiger partial charge in [-0.1, -0.05) is 44.5 Å². The summed E-state index contributed by atoms with van der Waals surface area (Å²) in [5, 5.41) is 2.79. The lowest BCUT2D eigenvalue weighted by Gasteiger charge is -2.22. The average Bonchev–Trinajstić information content (AvgIpc) is 3.22. The highest BCUT2D eigenvalue weighted by atomic mass is 16.5. The Morgan fingerprint density at radius 2 is 1.46 bits per heavy atom. The Morgan fingerprint density at radius 3 is 2.02 bits per heavy atom. The molecule has 0 saturated carbocycles. The van der Waals surface area contributed by atoms with Crippen LogP contribution in [0, 0.1) is 17.3 Å². The van der Waals surface area contributed by atoms with Gasteiger partial charge in [0, 0.05) is 43.9 Å². The van der Waals surface area contributed by atoms with Gasteiger partial charge in [0.1, 0.15) is 12.4 Å². The summed E-state index contributed by atoms with van der Waals surface area (Å²) in [4.78, 5) is 74.7. The van der Waals surface area contributed by atoms with Gasteiger partial charge in [0.15, 0.2) is 5.78 Å². The molecule has 1 N–H and O–H groups in total. The van der Waals surface area contributed by atoms with E-state index in [9.17, 15) is 28.8 Å². The number of nitrogens with one attached hydrogen (secondary N) is 1. The molecule has 0 fully saturated rings. The first-order valence-electron chi connectivity index (χ1n) is 14.3. The third-order valence-corrected chi connectivity index (χ3v) is 7.05. The van der Waals surface area contributed by atoms with Crippen molar-refractivity contribution in [2.75, 3.05) is 6.54 Å². The number of hydrogen-bond acceptors (Lipinski definition) is 7. The number of ketones is 2. The van der Waals surface area contributed by atoms with Crippen LogP contribution in [0.5, 0.6) is 0 Å². The number of nitrogens with zero attached hydrogens (tertiary/aromatic N) is 1. The van der Waals surface area contributed by atoms with Gasteiger partial charge in [0.25, 0.3) is 11.8 Å². The first kappa shape index (κ1) is 33.6. The highest BCUT2D eigenvalue weighted by Gasteiger charge is 2.28. The summed E-state index contributed by atoms with van der Waals surface area (Å²) in [6, 6.07) is 6.52. The van der Waals surface area contributed by atoms with E-state index < -0.39 is 17.4 Å². The molecule has 1 aliphatic rings. The molecule has 0 unspecified atom stereocenters. The smallest absolute Gasteiger partial charge is 0.311 e. The number of benzene rings is 1. The number of imide groups is 1. The number of unbranched alkanes of at least 4 members (excludes halogenated alkanes) is 2. The molecule has 0 aliphatic carbocycles. The van der Waals surface area contributed by atoms with Gasteiger partial charge in [0.2, 0.25) is 5.91 Å². The molecule has 0 bridgehead atoms. The van der Waals surface area contributed by atoms with Crippen LogP contribution in [0.25, 0.3) is 0 Å². The second kappa shape index (κ2) is 15.4. The number of hydrogen-bond donors (Lipinski definition) is 1. The van der Waals surface area contributed by atoms with Crippen molar-refractivity contribution in [3.05, 3.63) is 47.5 Å². The Labute approximate surface area is 243 Å². The number of carbonyl (C=O) groups is 6. The third-order valence-electron chi connectivity index (χ3n) is 7.05. The largest absolute Gasteiger partial charge is 0.460 e. The molecule has 1 aromatic carbocycles. The summed E-state index contributed by atoms with van der Waals surface area (Å²) in [5.41, 5.74) is 1.03. The van der Waals surface area contributed by atoms with Gasteiger partial charge in [-0.25, -0.2) is 0 Å². The van der Waals surface area contributed by atoms with E-state index in [4.69, 9.17) is 4.74 Å². The molecule has 1 aliphatic heterocycles. The van der Waals surface area contributed by atoms with Gasteiger partial charge in [-0.15, -0.1) is 0 Å². The first-order chi connectivity index (χ1) is 19.2. The summed E-state index contributed by atoms with van der Waals surface area (Å²) < 4.78 is 5.32. The molecule has 2 rings (SSSR count). The minimum absolute atomic E-state index is 0.0268. The van der Waals surface area contributed by atoms with Crippen LogP contribution in [0.1, 0.15) is 84.8 Å². The lowest BCUT2D eigenvalue weighted by Crippen LogP contribution is -2.44. The summed E-state index contributed by atoms with van der Waals surface area (Å²) >= 11 is 0.